The van der Waals surface area contributed by atoms with E-state index in [9.17, 15) is 4.79 Å². The van der Waals surface area contributed by atoms with Crippen molar-refractivity contribution < 1.29 is 4.79 Å². The Bertz CT molecular complexity index is 990. The highest BCUT2D eigenvalue weighted by atomic mass is 16.1. The number of carbonyl (C=O) groups excluding carboxylic acids is 1. The third-order valence-corrected chi connectivity index (χ3v) is 5.48. The van der Waals surface area contributed by atoms with Crippen LogP contribution >= 0.6 is 0 Å². The molecule has 4 rings (SSSR count). The van der Waals surface area contributed by atoms with Crippen LogP contribution in [0, 0.1) is 0 Å². The lowest BCUT2D eigenvalue weighted by atomic mass is 9.92. The molecule has 1 amide bonds. The molecule has 142 valence electrons. The number of aromatic nitrogens is 3. The quantitative estimate of drug-likeness (QED) is 0.767. The molecular weight excluding hydrogens is 336 g/mol. The number of aryl methyl sites for hydroxylation is 1. The van der Waals surface area contributed by atoms with E-state index >= 15 is 0 Å². The van der Waals surface area contributed by atoms with Crippen molar-refractivity contribution in [3.05, 3.63) is 53.5 Å². The fourth-order valence-electron chi connectivity index (χ4n) is 4.27. The lowest BCUT2D eigenvalue weighted by Gasteiger charge is -2.28. The first-order valence-corrected chi connectivity index (χ1v) is 9.74. The zero-order valence-electron chi connectivity index (χ0n) is 16.6. The highest BCUT2D eigenvalue weighted by molar-refractivity contribution is 5.89. The first kappa shape index (κ1) is 17.8. The van der Waals surface area contributed by atoms with E-state index in [1.807, 2.05) is 25.4 Å². The van der Waals surface area contributed by atoms with Crippen LogP contribution in [-0.2, 0) is 30.2 Å². The number of nitrogens with one attached hydrogen (secondary N) is 1. The molecule has 0 fully saturated rings. The minimum Gasteiger partial charge on any atom is -0.350 e. The molecule has 2 heterocycles. The Morgan fingerprint density at radius 3 is 2.85 bits per heavy atom. The number of para-hydroxylation sites is 1. The zero-order chi connectivity index (χ0) is 19.2. The topological polar surface area (TPSA) is 51.9 Å². The molecule has 0 saturated heterocycles. The van der Waals surface area contributed by atoms with Gasteiger partial charge in [-0.25, -0.2) is 0 Å². The molecule has 0 aliphatic heterocycles. The number of hydrogen-bond donors (Lipinski definition) is 1. The molecule has 0 bridgehead atoms. The molecule has 0 spiro atoms. The zero-order valence-corrected chi connectivity index (χ0v) is 16.6. The lowest BCUT2D eigenvalue weighted by Crippen LogP contribution is -2.33. The van der Waals surface area contributed by atoms with E-state index in [1.165, 1.54) is 11.3 Å². The molecule has 1 N–H and O–H groups in total. The Labute approximate surface area is 160 Å². The summed E-state index contributed by atoms with van der Waals surface area (Å²) in [6.45, 7) is 6.51. The third kappa shape index (κ3) is 3.27. The molecule has 1 aromatic carbocycles. The first-order chi connectivity index (χ1) is 12.8. The summed E-state index contributed by atoms with van der Waals surface area (Å²) in [4.78, 5) is 12.8. The maximum absolute atomic E-state index is 12.8. The fraction of sp³-hybridized carbons (Fsp3) is 0.455. The van der Waals surface area contributed by atoms with E-state index < -0.39 is 0 Å². The van der Waals surface area contributed by atoms with Crippen LogP contribution in [0.2, 0.25) is 0 Å². The number of carbonyl (C=O) groups is 1. The second-order valence-corrected chi connectivity index (χ2v) is 8.60. The molecule has 5 nitrogen and oxygen atoms in total. The van der Waals surface area contributed by atoms with Crippen molar-refractivity contribution >= 4 is 16.8 Å². The summed E-state index contributed by atoms with van der Waals surface area (Å²) in [7, 11) is 2.03. The van der Waals surface area contributed by atoms with Crippen molar-refractivity contribution in [3.63, 3.8) is 0 Å². The van der Waals surface area contributed by atoms with Crippen molar-refractivity contribution in [1.82, 2.24) is 19.7 Å². The Morgan fingerprint density at radius 1 is 1.30 bits per heavy atom. The molecule has 27 heavy (non-hydrogen) atoms. The summed E-state index contributed by atoms with van der Waals surface area (Å²) in [5.41, 5.74) is 4.65. The second kappa shape index (κ2) is 6.55. The molecular formula is C22H28N4O. The van der Waals surface area contributed by atoms with Gasteiger partial charge in [-0.1, -0.05) is 18.2 Å². The minimum atomic E-state index is -0.0392. The SMILES string of the molecule is Cn1cc(CC(=O)N[C@@H]2CCCc3c2cnn3C(C)(C)C)c2ccccc21. The Kier molecular flexibility index (Phi) is 4.33. The Balaban J connectivity index is 1.54. The van der Waals surface area contributed by atoms with E-state index in [0.717, 1.165) is 35.7 Å². The van der Waals surface area contributed by atoms with Crippen LogP contribution < -0.4 is 5.32 Å². The van der Waals surface area contributed by atoms with Gasteiger partial charge in [0.15, 0.2) is 0 Å². The predicted molar refractivity (Wildman–Crippen MR) is 108 cm³/mol. The molecule has 1 aliphatic rings. The van der Waals surface area contributed by atoms with Crippen molar-refractivity contribution in [1.29, 1.82) is 0 Å². The highest BCUT2D eigenvalue weighted by Crippen LogP contribution is 2.32. The number of amides is 1. The second-order valence-electron chi connectivity index (χ2n) is 8.60. The average molecular weight is 364 g/mol. The predicted octanol–water partition coefficient (Wildman–Crippen LogP) is 3.87. The average Bonchev–Trinajstić information content (AvgIpc) is 3.18. The van der Waals surface area contributed by atoms with Crippen LogP contribution in [0.15, 0.2) is 36.7 Å². The monoisotopic (exact) mass is 364 g/mol. The number of rotatable bonds is 3. The largest absolute Gasteiger partial charge is 0.350 e. The Hall–Kier alpha value is -2.56. The van der Waals surface area contributed by atoms with Crippen LogP contribution in [0.5, 0.6) is 0 Å². The van der Waals surface area contributed by atoms with Gasteiger partial charge in [0.2, 0.25) is 5.91 Å². The van der Waals surface area contributed by atoms with Gasteiger partial charge in [0, 0.05) is 35.4 Å². The van der Waals surface area contributed by atoms with Gasteiger partial charge in [-0.15, -0.1) is 0 Å². The first-order valence-electron chi connectivity index (χ1n) is 9.74. The number of fused-ring (bicyclic) bond motifs is 2. The van der Waals surface area contributed by atoms with Crippen LogP contribution in [0.1, 0.15) is 56.5 Å². The molecule has 1 atom stereocenters. The molecule has 1 aliphatic carbocycles. The summed E-state index contributed by atoms with van der Waals surface area (Å²) in [5.74, 6) is 0.0766. The Morgan fingerprint density at radius 2 is 2.07 bits per heavy atom. The fourth-order valence-corrected chi connectivity index (χ4v) is 4.27. The highest BCUT2D eigenvalue weighted by Gasteiger charge is 2.29. The van der Waals surface area contributed by atoms with E-state index in [4.69, 9.17) is 0 Å². The summed E-state index contributed by atoms with van der Waals surface area (Å²) in [6, 6.07) is 8.29. The van der Waals surface area contributed by atoms with E-state index in [0.29, 0.717) is 6.42 Å². The summed E-state index contributed by atoms with van der Waals surface area (Å²) in [5, 5.41) is 9.03. The lowest BCUT2D eigenvalue weighted by molar-refractivity contribution is -0.121. The van der Waals surface area contributed by atoms with Gasteiger partial charge in [0.25, 0.3) is 0 Å². The van der Waals surface area contributed by atoms with Crippen molar-refractivity contribution in [3.8, 4) is 0 Å². The van der Waals surface area contributed by atoms with Gasteiger partial charge in [0.1, 0.15) is 0 Å². The number of hydrogen-bond acceptors (Lipinski definition) is 2. The van der Waals surface area contributed by atoms with Crippen LogP contribution in [-0.4, -0.2) is 20.3 Å². The normalized spacial score (nSPS) is 17.1. The molecule has 0 unspecified atom stereocenters. The van der Waals surface area contributed by atoms with Crippen LogP contribution in [0.25, 0.3) is 10.9 Å². The summed E-state index contributed by atoms with van der Waals surface area (Å²) >= 11 is 0. The smallest absolute Gasteiger partial charge is 0.224 e. The van der Waals surface area contributed by atoms with Crippen LogP contribution in [0.4, 0.5) is 0 Å². The van der Waals surface area contributed by atoms with E-state index in [-0.39, 0.29) is 17.5 Å². The van der Waals surface area contributed by atoms with Gasteiger partial charge in [-0.05, 0) is 51.7 Å². The van der Waals surface area contributed by atoms with Gasteiger partial charge >= 0.3 is 0 Å². The van der Waals surface area contributed by atoms with Crippen molar-refractivity contribution in [2.45, 2.75) is 58.0 Å². The maximum atomic E-state index is 12.8. The van der Waals surface area contributed by atoms with Crippen molar-refractivity contribution in [2.24, 2.45) is 7.05 Å². The van der Waals surface area contributed by atoms with Crippen LogP contribution in [0.3, 0.4) is 0 Å². The molecule has 3 aromatic rings. The minimum absolute atomic E-state index is 0.0392. The third-order valence-electron chi connectivity index (χ3n) is 5.48. The van der Waals surface area contributed by atoms with E-state index in [1.54, 1.807) is 0 Å². The van der Waals surface area contributed by atoms with Gasteiger partial charge < -0.3 is 9.88 Å². The summed E-state index contributed by atoms with van der Waals surface area (Å²) in [6.07, 6.45) is 7.50. The molecule has 0 radical (unpaired) electrons. The molecule has 2 aromatic heterocycles. The molecule has 5 heteroatoms. The number of nitrogens with zero attached hydrogens (tertiary/aromatic N) is 3. The van der Waals surface area contributed by atoms with E-state index in [2.05, 4.69) is 58.8 Å². The maximum Gasteiger partial charge on any atom is 0.224 e. The van der Waals surface area contributed by atoms with Gasteiger partial charge in [0.05, 0.1) is 24.2 Å². The van der Waals surface area contributed by atoms with Crippen molar-refractivity contribution in [2.75, 3.05) is 0 Å². The standard InChI is InChI=1S/C22H28N4O/c1-22(2,3)26-20-11-7-9-18(17(20)13-23-26)24-21(27)12-15-14-25(4)19-10-6-5-8-16(15)19/h5-6,8,10,13-14,18H,7,9,11-12H2,1-4H3,(H,24,27)/t18-/m1/s1. The number of benzene rings is 1. The van der Waals surface area contributed by atoms with Gasteiger partial charge in [-0.3, -0.25) is 9.48 Å². The van der Waals surface area contributed by atoms with Gasteiger partial charge in [-0.2, -0.15) is 5.10 Å². The summed E-state index contributed by atoms with van der Waals surface area (Å²) < 4.78 is 4.20. The molecule has 0 saturated carbocycles.